The van der Waals surface area contributed by atoms with Crippen LogP contribution in [0.4, 0.5) is 0 Å². The summed E-state index contributed by atoms with van der Waals surface area (Å²) in [6, 6.07) is -0.142. The molecule has 0 saturated heterocycles. The van der Waals surface area contributed by atoms with E-state index in [2.05, 4.69) is 4.72 Å². The van der Waals surface area contributed by atoms with Gasteiger partial charge in [0.05, 0.1) is 0 Å². The second-order valence-electron chi connectivity index (χ2n) is 3.20. The fraction of sp³-hybridized carbons (Fsp3) is 0.833. The molecule has 0 bridgehead atoms. The number of carboxylic acid groups (broad SMARTS) is 1. The number of aliphatic carboxylic acids is 1. The van der Waals surface area contributed by atoms with E-state index in [9.17, 15) is 13.2 Å². The van der Waals surface area contributed by atoms with Gasteiger partial charge in [0.1, 0.15) is 0 Å². The molecule has 1 aliphatic carbocycles. The first kappa shape index (κ1) is 10.4. The highest BCUT2D eigenvalue weighted by atomic mass is 32.2. The lowest BCUT2D eigenvalue weighted by atomic mass is 9.89. The fourth-order valence-corrected chi connectivity index (χ4v) is 2.33. The predicted octanol–water partition coefficient (Wildman–Crippen LogP) is -1.52. The Kier molecular flexibility index (Phi) is 2.89. The highest BCUT2D eigenvalue weighted by molar-refractivity contribution is 7.90. The van der Waals surface area contributed by atoms with Crippen molar-refractivity contribution in [2.45, 2.75) is 24.9 Å². The Morgan fingerprint density at radius 2 is 2.08 bits per heavy atom. The number of nitrogens with one attached hydrogen (secondary N) is 1. The average molecular weight is 208 g/mol. The molecule has 0 atom stereocenters. The van der Waals surface area contributed by atoms with Crippen molar-refractivity contribution >= 4 is 16.0 Å². The van der Waals surface area contributed by atoms with Crippen LogP contribution in [0.2, 0.25) is 0 Å². The zero-order chi connectivity index (χ0) is 10.1. The van der Waals surface area contributed by atoms with Gasteiger partial charge in [-0.3, -0.25) is 4.79 Å². The molecule has 1 saturated carbocycles. The Hall–Kier alpha value is -0.660. The molecule has 76 valence electrons. The number of rotatable bonds is 4. The molecule has 0 heterocycles. The van der Waals surface area contributed by atoms with Gasteiger partial charge in [0.25, 0.3) is 0 Å². The van der Waals surface area contributed by atoms with Gasteiger partial charge in [-0.1, -0.05) is 0 Å². The van der Waals surface area contributed by atoms with E-state index < -0.39 is 21.7 Å². The van der Waals surface area contributed by atoms with Gasteiger partial charge in [0.15, 0.2) is 5.75 Å². The lowest BCUT2D eigenvalue weighted by Gasteiger charge is -2.32. The van der Waals surface area contributed by atoms with E-state index >= 15 is 0 Å². The molecule has 0 aliphatic heterocycles. The molecule has 0 amide bonds. The Morgan fingerprint density at radius 3 is 2.46 bits per heavy atom. The Morgan fingerprint density at radius 1 is 1.54 bits per heavy atom. The van der Waals surface area contributed by atoms with Crippen LogP contribution in [0.25, 0.3) is 0 Å². The summed E-state index contributed by atoms with van der Waals surface area (Å²) in [4.78, 5) is 10.1. The minimum absolute atomic E-state index is 0.0394. The maximum atomic E-state index is 11.0. The Balaban J connectivity index is 2.39. The topological polar surface area (TPSA) is 109 Å². The van der Waals surface area contributed by atoms with E-state index in [0.29, 0.717) is 12.8 Å². The quantitative estimate of drug-likeness (QED) is 0.519. The standard InChI is InChI=1S/C6H12N2O4S/c7-4-1-5(2-4)8-13(11,12)3-6(9)10/h4-5,8H,1-3,7H2,(H,9,10). The highest BCUT2D eigenvalue weighted by Crippen LogP contribution is 2.18. The van der Waals surface area contributed by atoms with Gasteiger partial charge in [-0.2, -0.15) is 0 Å². The number of hydrogen-bond donors (Lipinski definition) is 3. The third-order valence-corrected chi connectivity index (χ3v) is 3.15. The van der Waals surface area contributed by atoms with Gasteiger partial charge in [0.2, 0.25) is 10.0 Å². The van der Waals surface area contributed by atoms with Crippen molar-refractivity contribution in [1.82, 2.24) is 4.72 Å². The summed E-state index contributed by atoms with van der Waals surface area (Å²) < 4.78 is 24.3. The Labute approximate surface area is 76.2 Å². The van der Waals surface area contributed by atoms with Crippen LogP contribution in [0.15, 0.2) is 0 Å². The lowest BCUT2D eigenvalue weighted by molar-refractivity contribution is -0.134. The summed E-state index contributed by atoms with van der Waals surface area (Å²) in [6.45, 7) is 0. The highest BCUT2D eigenvalue weighted by Gasteiger charge is 2.30. The van der Waals surface area contributed by atoms with Crippen LogP contribution in [-0.4, -0.2) is 37.3 Å². The number of nitrogens with two attached hydrogens (primary N) is 1. The second-order valence-corrected chi connectivity index (χ2v) is 4.95. The minimum atomic E-state index is -3.67. The normalized spacial score (nSPS) is 28.1. The van der Waals surface area contributed by atoms with Crippen molar-refractivity contribution < 1.29 is 18.3 Å². The first-order chi connectivity index (χ1) is 5.89. The fourth-order valence-electron chi connectivity index (χ4n) is 1.22. The molecule has 0 radical (unpaired) electrons. The summed E-state index contributed by atoms with van der Waals surface area (Å²) in [5.74, 6) is -2.23. The van der Waals surface area contributed by atoms with Gasteiger partial charge in [-0.25, -0.2) is 13.1 Å². The third-order valence-electron chi connectivity index (χ3n) is 1.83. The van der Waals surface area contributed by atoms with Crippen LogP contribution in [0.5, 0.6) is 0 Å². The minimum Gasteiger partial charge on any atom is -0.480 e. The molecule has 0 unspecified atom stereocenters. The van der Waals surface area contributed by atoms with Crippen LogP contribution in [-0.2, 0) is 14.8 Å². The molecule has 4 N–H and O–H groups in total. The second kappa shape index (κ2) is 3.60. The Bertz CT molecular complexity index is 294. The van der Waals surface area contributed by atoms with E-state index in [0.717, 1.165) is 0 Å². The van der Waals surface area contributed by atoms with E-state index in [1.54, 1.807) is 0 Å². The molecule has 0 aromatic rings. The zero-order valence-electron chi connectivity index (χ0n) is 6.93. The smallest absolute Gasteiger partial charge is 0.320 e. The van der Waals surface area contributed by atoms with E-state index in [1.807, 2.05) is 0 Å². The van der Waals surface area contributed by atoms with Crippen molar-refractivity contribution in [3.8, 4) is 0 Å². The first-order valence-corrected chi connectivity index (χ1v) is 5.51. The average Bonchev–Trinajstić information content (AvgIpc) is 1.79. The van der Waals surface area contributed by atoms with Gasteiger partial charge < -0.3 is 10.8 Å². The lowest BCUT2D eigenvalue weighted by Crippen LogP contribution is -2.51. The molecule has 1 rings (SSSR count). The van der Waals surface area contributed by atoms with Gasteiger partial charge in [0, 0.05) is 12.1 Å². The first-order valence-electron chi connectivity index (χ1n) is 3.86. The monoisotopic (exact) mass is 208 g/mol. The molecule has 0 aromatic heterocycles. The summed E-state index contributed by atoms with van der Waals surface area (Å²) >= 11 is 0. The van der Waals surface area contributed by atoms with Crippen molar-refractivity contribution in [3.05, 3.63) is 0 Å². The summed E-state index contributed by atoms with van der Waals surface area (Å²) in [5, 5.41) is 8.26. The van der Waals surface area contributed by atoms with Crippen LogP contribution < -0.4 is 10.5 Å². The molecule has 6 nitrogen and oxygen atoms in total. The molecule has 7 heteroatoms. The van der Waals surface area contributed by atoms with Gasteiger partial charge in [-0.05, 0) is 12.8 Å². The maximum Gasteiger partial charge on any atom is 0.320 e. The molecule has 13 heavy (non-hydrogen) atoms. The van der Waals surface area contributed by atoms with Crippen molar-refractivity contribution in [3.63, 3.8) is 0 Å². The van der Waals surface area contributed by atoms with Crippen molar-refractivity contribution in [2.24, 2.45) is 5.73 Å². The third kappa shape index (κ3) is 3.29. The maximum absolute atomic E-state index is 11.0. The predicted molar refractivity (Wildman–Crippen MR) is 45.6 cm³/mol. The van der Waals surface area contributed by atoms with Crippen LogP contribution in [0, 0.1) is 0 Å². The summed E-state index contributed by atoms with van der Waals surface area (Å²) in [6.07, 6.45) is 1.16. The van der Waals surface area contributed by atoms with Crippen LogP contribution in [0.1, 0.15) is 12.8 Å². The van der Waals surface area contributed by atoms with Gasteiger partial charge in [-0.15, -0.1) is 0 Å². The van der Waals surface area contributed by atoms with Crippen molar-refractivity contribution in [2.75, 3.05) is 5.75 Å². The van der Waals surface area contributed by atoms with Crippen molar-refractivity contribution in [1.29, 1.82) is 0 Å². The van der Waals surface area contributed by atoms with E-state index in [1.165, 1.54) is 0 Å². The molecule has 1 fully saturated rings. The SMILES string of the molecule is NC1CC(NS(=O)(=O)CC(=O)O)C1. The largest absolute Gasteiger partial charge is 0.480 e. The molecular formula is C6H12N2O4S. The van der Waals surface area contributed by atoms with Crippen LogP contribution in [0.3, 0.4) is 0 Å². The molecule has 0 spiro atoms. The summed E-state index contributed by atoms with van der Waals surface area (Å²) in [5.41, 5.74) is 5.44. The summed E-state index contributed by atoms with van der Waals surface area (Å²) in [7, 11) is -3.67. The van der Waals surface area contributed by atoms with Crippen LogP contribution >= 0.6 is 0 Å². The number of carboxylic acids is 1. The molecule has 0 aromatic carbocycles. The van der Waals surface area contributed by atoms with Gasteiger partial charge >= 0.3 is 5.97 Å². The number of hydrogen-bond acceptors (Lipinski definition) is 4. The molecular weight excluding hydrogens is 196 g/mol. The number of sulfonamides is 1. The number of carbonyl (C=O) groups is 1. The van der Waals surface area contributed by atoms with E-state index in [4.69, 9.17) is 10.8 Å². The molecule has 1 aliphatic rings. The van der Waals surface area contributed by atoms with E-state index in [-0.39, 0.29) is 12.1 Å². The zero-order valence-corrected chi connectivity index (χ0v) is 7.75.